The first-order valence-electron chi connectivity index (χ1n) is 10.6. The highest BCUT2D eigenvalue weighted by Crippen LogP contribution is 2.37. The van der Waals surface area contributed by atoms with Crippen LogP contribution in [0.15, 0.2) is 16.3 Å². The molecule has 1 aromatic rings. The Morgan fingerprint density at radius 1 is 1.21 bits per heavy atom. The molecule has 0 bridgehead atoms. The lowest BCUT2D eigenvalue weighted by molar-refractivity contribution is -0.0950. The van der Waals surface area contributed by atoms with Gasteiger partial charge in [-0.1, -0.05) is 0 Å². The minimum Gasteiger partial charge on any atom is -0.455 e. The van der Waals surface area contributed by atoms with Crippen LogP contribution in [0.3, 0.4) is 0 Å². The van der Waals surface area contributed by atoms with Crippen LogP contribution in [-0.2, 0) is 20.6 Å². The maximum atomic E-state index is 6.69. The standard InChI is InChI=1S/C20H30N6O3/c1-14-9-16(24-23-14)26-17-15(11-21-26)10-20(5-4-7-27-13-20)29-18(22-17)25-6-8-28-12-19(25,2)3/h11,14,23H,4-10,12-13H2,1-3H3/t14?,20-/m1/s1. The smallest absolute Gasteiger partial charge is 0.295 e. The van der Waals surface area contributed by atoms with E-state index < -0.39 is 5.60 Å². The second kappa shape index (κ2) is 6.98. The van der Waals surface area contributed by atoms with E-state index in [1.54, 1.807) is 0 Å². The Morgan fingerprint density at radius 2 is 2.07 bits per heavy atom. The van der Waals surface area contributed by atoms with Gasteiger partial charge in [0.1, 0.15) is 5.60 Å². The molecule has 0 aromatic carbocycles. The van der Waals surface area contributed by atoms with E-state index >= 15 is 0 Å². The first-order chi connectivity index (χ1) is 14.0. The zero-order valence-electron chi connectivity index (χ0n) is 17.5. The van der Waals surface area contributed by atoms with Crippen LogP contribution in [0.2, 0.25) is 0 Å². The van der Waals surface area contributed by atoms with Gasteiger partial charge in [-0.3, -0.25) is 0 Å². The Bertz CT molecular complexity index is 839. The number of nitrogens with one attached hydrogen (secondary N) is 1. The van der Waals surface area contributed by atoms with Gasteiger partial charge in [0.05, 0.1) is 31.6 Å². The number of fused-ring (bicyclic) bond motifs is 1. The average molecular weight is 402 g/mol. The van der Waals surface area contributed by atoms with Gasteiger partial charge in [-0.05, 0) is 33.6 Å². The van der Waals surface area contributed by atoms with Crippen molar-refractivity contribution in [2.45, 2.75) is 63.6 Å². The summed E-state index contributed by atoms with van der Waals surface area (Å²) in [5.74, 6) is 1.71. The van der Waals surface area contributed by atoms with E-state index in [9.17, 15) is 0 Å². The van der Waals surface area contributed by atoms with Crippen molar-refractivity contribution >= 4 is 17.7 Å². The van der Waals surface area contributed by atoms with E-state index in [2.05, 4.69) is 41.3 Å². The molecule has 0 aliphatic carbocycles. The van der Waals surface area contributed by atoms with Crippen LogP contribution >= 0.6 is 0 Å². The summed E-state index contributed by atoms with van der Waals surface area (Å²) in [7, 11) is 0. The fourth-order valence-electron chi connectivity index (χ4n) is 4.56. The van der Waals surface area contributed by atoms with Gasteiger partial charge in [0.2, 0.25) is 0 Å². The van der Waals surface area contributed by atoms with Crippen LogP contribution < -0.4 is 5.43 Å². The predicted molar refractivity (Wildman–Crippen MR) is 109 cm³/mol. The Hall–Kier alpha value is -2.13. The van der Waals surface area contributed by atoms with Crippen molar-refractivity contribution in [3.63, 3.8) is 0 Å². The number of rotatable bonds is 0. The van der Waals surface area contributed by atoms with Crippen molar-refractivity contribution in [1.29, 1.82) is 0 Å². The van der Waals surface area contributed by atoms with Gasteiger partial charge < -0.3 is 24.5 Å². The summed E-state index contributed by atoms with van der Waals surface area (Å²) >= 11 is 0. The van der Waals surface area contributed by atoms with E-state index in [-0.39, 0.29) is 5.54 Å². The SMILES string of the molecule is CC1CC(n2ncc3c2N=C(N2CCOCC2(C)C)O[C@]2(CCCOC2)C3)=NN1. The minimum absolute atomic E-state index is 0.204. The Labute approximate surface area is 171 Å². The third kappa shape index (κ3) is 3.40. The molecule has 1 unspecified atom stereocenters. The molecule has 0 saturated carbocycles. The summed E-state index contributed by atoms with van der Waals surface area (Å²) in [5, 5.41) is 9.12. The van der Waals surface area contributed by atoms with Gasteiger partial charge in [-0.2, -0.15) is 19.9 Å². The third-order valence-electron chi connectivity index (χ3n) is 6.15. The van der Waals surface area contributed by atoms with E-state index in [0.29, 0.717) is 31.9 Å². The number of hydrogen-bond donors (Lipinski definition) is 1. The summed E-state index contributed by atoms with van der Waals surface area (Å²) in [6, 6.07) is 0.940. The molecule has 1 N–H and O–H groups in total. The number of aromatic nitrogens is 2. The molecule has 4 aliphatic heterocycles. The zero-order chi connectivity index (χ0) is 20.1. The summed E-state index contributed by atoms with van der Waals surface area (Å²) < 4.78 is 20.1. The normalized spacial score (nSPS) is 31.4. The second-order valence-electron chi connectivity index (χ2n) is 9.20. The maximum absolute atomic E-state index is 6.69. The van der Waals surface area contributed by atoms with Gasteiger partial charge in [0.15, 0.2) is 11.7 Å². The summed E-state index contributed by atoms with van der Waals surface area (Å²) in [4.78, 5) is 7.27. The van der Waals surface area contributed by atoms with Gasteiger partial charge in [-0.25, -0.2) is 0 Å². The zero-order valence-corrected chi connectivity index (χ0v) is 17.5. The lowest BCUT2D eigenvalue weighted by Gasteiger charge is -2.45. The van der Waals surface area contributed by atoms with Crippen LogP contribution in [0.5, 0.6) is 0 Å². The molecule has 2 atom stereocenters. The molecule has 9 nitrogen and oxygen atoms in total. The topological polar surface area (TPSA) is 85.5 Å². The van der Waals surface area contributed by atoms with Crippen LogP contribution in [0.25, 0.3) is 0 Å². The number of aliphatic imine (C=N–C) groups is 1. The van der Waals surface area contributed by atoms with Crippen molar-refractivity contribution in [3.05, 3.63) is 11.8 Å². The Kier molecular flexibility index (Phi) is 4.54. The monoisotopic (exact) mass is 402 g/mol. The molecule has 29 heavy (non-hydrogen) atoms. The molecule has 5 rings (SSSR count). The molecule has 9 heteroatoms. The Morgan fingerprint density at radius 3 is 2.79 bits per heavy atom. The molecule has 158 valence electrons. The lowest BCUT2D eigenvalue weighted by atomic mass is 9.90. The number of nitrogens with zero attached hydrogens (tertiary/aromatic N) is 5. The molecular weight excluding hydrogens is 372 g/mol. The molecule has 1 aromatic heterocycles. The molecule has 1 spiro atoms. The predicted octanol–water partition coefficient (Wildman–Crippen LogP) is 1.65. The molecule has 5 heterocycles. The molecule has 2 fully saturated rings. The minimum atomic E-state index is -0.409. The van der Waals surface area contributed by atoms with E-state index in [0.717, 1.165) is 56.1 Å². The average Bonchev–Trinajstić information content (AvgIpc) is 3.24. The fraction of sp³-hybridized carbons (Fsp3) is 0.750. The third-order valence-corrected chi connectivity index (χ3v) is 6.15. The first-order valence-corrected chi connectivity index (χ1v) is 10.6. The summed E-state index contributed by atoms with van der Waals surface area (Å²) in [6.07, 6.45) is 5.39. The Balaban J connectivity index is 1.58. The highest BCUT2D eigenvalue weighted by Gasteiger charge is 2.44. The number of amidine groups is 1. The van der Waals surface area contributed by atoms with Gasteiger partial charge in [0, 0.05) is 37.6 Å². The van der Waals surface area contributed by atoms with E-state index in [4.69, 9.17) is 19.2 Å². The number of hydrogen-bond acceptors (Lipinski definition) is 8. The highest BCUT2D eigenvalue weighted by molar-refractivity contribution is 5.89. The van der Waals surface area contributed by atoms with Crippen molar-refractivity contribution in [2.75, 3.05) is 33.0 Å². The molecule has 2 saturated heterocycles. The number of ether oxygens (including phenoxy) is 3. The van der Waals surface area contributed by atoms with E-state index in [1.807, 2.05) is 10.9 Å². The van der Waals surface area contributed by atoms with Gasteiger partial charge >= 0.3 is 0 Å². The molecule has 0 amide bonds. The van der Waals surface area contributed by atoms with Crippen molar-refractivity contribution in [2.24, 2.45) is 10.1 Å². The van der Waals surface area contributed by atoms with Crippen molar-refractivity contribution < 1.29 is 14.2 Å². The van der Waals surface area contributed by atoms with Gasteiger partial charge in [0.25, 0.3) is 6.02 Å². The summed E-state index contributed by atoms with van der Waals surface area (Å²) in [6.45, 7) is 9.84. The maximum Gasteiger partial charge on any atom is 0.295 e. The van der Waals surface area contributed by atoms with Crippen LogP contribution in [0.1, 0.15) is 45.6 Å². The first kappa shape index (κ1) is 18.9. The van der Waals surface area contributed by atoms with Crippen LogP contribution in [0, 0.1) is 0 Å². The quantitative estimate of drug-likeness (QED) is 0.710. The largest absolute Gasteiger partial charge is 0.455 e. The van der Waals surface area contributed by atoms with Crippen LogP contribution in [0.4, 0.5) is 5.82 Å². The number of morpholine rings is 1. The van der Waals surface area contributed by atoms with Crippen molar-refractivity contribution in [1.82, 2.24) is 20.1 Å². The summed E-state index contributed by atoms with van der Waals surface area (Å²) in [5.41, 5.74) is 3.59. The fourth-order valence-corrected chi connectivity index (χ4v) is 4.56. The number of hydrazone groups is 1. The van der Waals surface area contributed by atoms with Crippen molar-refractivity contribution in [3.8, 4) is 0 Å². The van der Waals surface area contributed by atoms with Crippen LogP contribution in [-0.4, -0.2) is 76.7 Å². The second-order valence-corrected chi connectivity index (χ2v) is 9.20. The molecule has 4 aliphatic rings. The van der Waals surface area contributed by atoms with E-state index in [1.165, 1.54) is 0 Å². The van der Waals surface area contributed by atoms with Gasteiger partial charge in [-0.15, -0.1) is 0 Å². The molecule has 0 radical (unpaired) electrons. The molecular formula is C20H30N6O3. The lowest BCUT2D eigenvalue weighted by Crippen LogP contribution is -2.58. The highest BCUT2D eigenvalue weighted by atomic mass is 16.6.